The predicted molar refractivity (Wildman–Crippen MR) is 152 cm³/mol. The van der Waals surface area contributed by atoms with Crippen LogP contribution in [-0.4, -0.2) is 0 Å². The zero-order valence-corrected chi connectivity index (χ0v) is 21.6. The molecule has 0 aliphatic rings. The van der Waals surface area contributed by atoms with Crippen molar-refractivity contribution in [1.82, 2.24) is 0 Å². The van der Waals surface area contributed by atoms with Gasteiger partial charge in [-0.1, -0.05) is 114 Å². The van der Waals surface area contributed by atoms with Gasteiger partial charge in [-0.15, -0.1) is 0 Å². The lowest BCUT2D eigenvalue weighted by atomic mass is 9.85. The fraction of sp³-hybridized carbons (Fsp3) is 0.412. The maximum atomic E-state index is 2.42. The average molecular weight is 449 g/mol. The minimum absolute atomic E-state index is 0.795. The van der Waals surface area contributed by atoms with E-state index in [-0.39, 0.29) is 0 Å². The predicted octanol–water partition coefficient (Wildman–Crippen LogP) is 10.5. The first kappa shape index (κ1) is 23.2. The number of hydrogen-bond acceptors (Lipinski definition) is 0. The lowest BCUT2D eigenvalue weighted by Crippen LogP contribution is -1.99. The van der Waals surface area contributed by atoms with Crippen LogP contribution >= 0.6 is 0 Å². The van der Waals surface area contributed by atoms with Crippen LogP contribution in [0.1, 0.15) is 77.3 Å². The van der Waals surface area contributed by atoms with Crippen LogP contribution in [0.3, 0.4) is 0 Å². The third-order valence-corrected chi connectivity index (χ3v) is 8.22. The van der Waals surface area contributed by atoms with Gasteiger partial charge in [-0.25, -0.2) is 0 Å². The van der Waals surface area contributed by atoms with E-state index in [9.17, 15) is 0 Å². The Morgan fingerprint density at radius 2 is 0.853 bits per heavy atom. The van der Waals surface area contributed by atoms with E-state index in [0.29, 0.717) is 0 Å². The van der Waals surface area contributed by atoms with Gasteiger partial charge < -0.3 is 0 Å². The van der Waals surface area contributed by atoms with Gasteiger partial charge >= 0.3 is 0 Å². The summed E-state index contributed by atoms with van der Waals surface area (Å²) in [6, 6.07) is 23.6. The van der Waals surface area contributed by atoms with Crippen molar-refractivity contribution in [1.29, 1.82) is 0 Å². The highest BCUT2D eigenvalue weighted by Crippen LogP contribution is 2.42. The zero-order chi connectivity index (χ0) is 23.7. The second-order valence-corrected chi connectivity index (χ2v) is 10.9. The van der Waals surface area contributed by atoms with Gasteiger partial charge in [-0.3, -0.25) is 0 Å². The largest absolute Gasteiger partial charge is 0.0654 e. The Kier molecular flexibility index (Phi) is 6.77. The SMILES string of the molecule is CCCC(C)CCc1ccc2c3cccc4c(CCC(C)CCC)ccc(c5cccc1c52)c43. The Morgan fingerprint density at radius 1 is 0.471 bits per heavy atom. The van der Waals surface area contributed by atoms with Crippen molar-refractivity contribution in [3.63, 3.8) is 0 Å². The number of rotatable bonds is 10. The summed E-state index contributed by atoms with van der Waals surface area (Å²) in [7, 11) is 0. The molecule has 0 nitrogen and oxygen atoms in total. The Labute approximate surface area is 205 Å². The van der Waals surface area contributed by atoms with E-state index in [0.717, 1.165) is 11.8 Å². The number of fused-ring (bicyclic) bond motifs is 2. The molecule has 0 aliphatic carbocycles. The van der Waals surface area contributed by atoms with E-state index < -0.39 is 0 Å². The molecule has 2 unspecified atom stereocenters. The molecule has 0 saturated carbocycles. The third-order valence-electron chi connectivity index (χ3n) is 8.22. The smallest absolute Gasteiger partial charge is 0.00236 e. The molecule has 0 aliphatic heterocycles. The highest BCUT2D eigenvalue weighted by atomic mass is 14.2. The minimum atomic E-state index is 0.795. The van der Waals surface area contributed by atoms with Crippen LogP contribution in [0.25, 0.3) is 43.1 Å². The van der Waals surface area contributed by atoms with E-state index in [1.807, 2.05) is 0 Å². The Hall–Kier alpha value is -2.60. The second kappa shape index (κ2) is 9.95. The molecule has 5 aromatic carbocycles. The van der Waals surface area contributed by atoms with E-state index in [1.54, 1.807) is 0 Å². The van der Waals surface area contributed by atoms with Gasteiger partial charge in [0, 0.05) is 0 Å². The third kappa shape index (κ3) is 4.17. The van der Waals surface area contributed by atoms with Gasteiger partial charge in [0.25, 0.3) is 0 Å². The lowest BCUT2D eigenvalue weighted by molar-refractivity contribution is 0.487. The molecule has 0 saturated heterocycles. The number of aryl methyl sites for hydroxylation is 2. The molecule has 0 radical (unpaired) electrons. The fourth-order valence-corrected chi connectivity index (χ4v) is 6.35. The van der Waals surface area contributed by atoms with Gasteiger partial charge in [0.1, 0.15) is 0 Å². The molecule has 0 spiro atoms. The zero-order valence-electron chi connectivity index (χ0n) is 21.6. The van der Waals surface area contributed by atoms with Crippen LogP contribution in [0.2, 0.25) is 0 Å². The van der Waals surface area contributed by atoms with Crippen LogP contribution in [0.15, 0.2) is 60.7 Å². The first-order valence-corrected chi connectivity index (χ1v) is 13.7. The summed E-state index contributed by atoms with van der Waals surface area (Å²) in [4.78, 5) is 0. The van der Waals surface area contributed by atoms with Gasteiger partial charge in [0.05, 0.1) is 0 Å². The highest BCUT2D eigenvalue weighted by Gasteiger charge is 2.16. The normalized spacial score (nSPS) is 14.0. The summed E-state index contributed by atoms with van der Waals surface area (Å²) in [6.07, 6.45) is 10.1. The summed E-state index contributed by atoms with van der Waals surface area (Å²) in [5, 5.41) is 11.5. The van der Waals surface area contributed by atoms with Crippen LogP contribution in [0, 0.1) is 11.8 Å². The summed E-state index contributed by atoms with van der Waals surface area (Å²) in [5.41, 5.74) is 3.03. The molecule has 2 atom stereocenters. The number of hydrogen-bond donors (Lipinski definition) is 0. The first-order valence-electron chi connectivity index (χ1n) is 13.7. The van der Waals surface area contributed by atoms with Gasteiger partial charge in [0.15, 0.2) is 0 Å². The summed E-state index contributed by atoms with van der Waals surface area (Å²) >= 11 is 0. The molecule has 0 bridgehead atoms. The van der Waals surface area contributed by atoms with Crippen molar-refractivity contribution < 1.29 is 0 Å². The second-order valence-electron chi connectivity index (χ2n) is 10.9. The molecule has 176 valence electrons. The first-order chi connectivity index (χ1) is 16.6. The maximum Gasteiger partial charge on any atom is -0.00236 e. The van der Waals surface area contributed by atoms with Gasteiger partial charge in [-0.05, 0) is 91.7 Å². The van der Waals surface area contributed by atoms with Crippen molar-refractivity contribution in [3.8, 4) is 0 Å². The molecular formula is C34H40. The van der Waals surface area contributed by atoms with Crippen LogP contribution < -0.4 is 0 Å². The maximum absolute atomic E-state index is 2.42. The van der Waals surface area contributed by atoms with E-state index in [4.69, 9.17) is 0 Å². The quantitative estimate of drug-likeness (QED) is 0.147. The molecule has 0 heteroatoms. The van der Waals surface area contributed by atoms with E-state index in [2.05, 4.69) is 88.4 Å². The molecule has 0 amide bonds. The summed E-state index contributed by atoms with van der Waals surface area (Å²) in [5.74, 6) is 1.59. The van der Waals surface area contributed by atoms with E-state index >= 15 is 0 Å². The van der Waals surface area contributed by atoms with Crippen molar-refractivity contribution >= 4 is 43.1 Å². The van der Waals surface area contributed by atoms with Crippen LogP contribution in [0.4, 0.5) is 0 Å². The molecule has 34 heavy (non-hydrogen) atoms. The van der Waals surface area contributed by atoms with Gasteiger partial charge in [0.2, 0.25) is 0 Å². The lowest BCUT2D eigenvalue weighted by Gasteiger charge is -2.19. The van der Waals surface area contributed by atoms with Gasteiger partial charge in [-0.2, -0.15) is 0 Å². The molecule has 0 N–H and O–H groups in total. The van der Waals surface area contributed by atoms with Crippen LogP contribution in [-0.2, 0) is 12.8 Å². The highest BCUT2D eigenvalue weighted by molar-refractivity contribution is 6.33. The van der Waals surface area contributed by atoms with Crippen molar-refractivity contribution in [3.05, 3.63) is 71.8 Å². The Bertz CT molecular complexity index is 1280. The minimum Gasteiger partial charge on any atom is -0.0654 e. The summed E-state index contributed by atoms with van der Waals surface area (Å²) < 4.78 is 0. The van der Waals surface area contributed by atoms with Crippen LogP contribution in [0.5, 0.6) is 0 Å². The summed E-state index contributed by atoms with van der Waals surface area (Å²) in [6.45, 7) is 9.42. The van der Waals surface area contributed by atoms with Crippen molar-refractivity contribution in [2.45, 2.75) is 79.1 Å². The Balaban J connectivity index is 1.65. The van der Waals surface area contributed by atoms with Crippen molar-refractivity contribution in [2.75, 3.05) is 0 Å². The average Bonchev–Trinajstić information content (AvgIpc) is 2.85. The molecule has 5 aromatic rings. The number of benzene rings is 5. The molecule has 0 aromatic heterocycles. The molecule has 5 rings (SSSR count). The molecule has 0 heterocycles. The molecule has 0 fully saturated rings. The van der Waals surface area contributed by atoms with Crippen molar-refractivity contribution in [2.24, 2.45) is 11.8 Å². The Morgan fingerprint density at radius 3 is 1.26 bits per heavy atom. The topological polar surface area (TPSA) is 0 Å². The monoisotopic (exact) mass is 448 g/mol. The standard InChI is InChI=1S/C34H40/c1-5-9-23(3)15-17-25-19-21-31-30-14-8-12-28-26(18-16-24(4)10-6-2)20-22-32(34(28)30)29-13-7-11-27(25)33(29)31/h7-8,11-14,19-24H,5-6,9-10,15-18H2,1-4H3. The fourth-order valence-electron chi connectivity index (χ4n) is 6.35. The van der Waals surface area contributed by atoms with E-state index in [1.165, 1.54) is 106 Å². The molecular weight excluding hydrogens is 408 g/mol.